The molecule has 0 fully saturated rings. The van der Waals surface area contributed by atoms with Gasteiger partial charge in [-0.3, -0.25) is 4.18 Å². The SMILES string of the molecule is C=CC/C=C/Cc1csc(C(C)(C)C(CC=C)OS(=O)(=O)CC=C)n1. The Morgan fingerprint density at radius 1 is 1.24 bits per heavy atom. The summed E-state index contributed by atoms with van der Waals surface area (Å²) in [7, 11) is -3.67. The molecule has 0 N–H and O–H groups in total. The monoisotopic (exact) mass is 381 g/mol. The molecule has 0 aliphatic heterocycles. The molecule has 0 saturated carbocycles. The molecule has 1 rings (SSSR count). The summed E-state index contributed by atoms with van der Waals surface area (Å²) in [6.45, 7) is 14.7. The minimum atomic E-state index is -3.67. The Morgan fingerprint density at radius 2 is 1.96 bits per heavy atom. The van der Waals surface area contributed by atoms with Crippen LogP contribution in [0, 0.1) is 0 Å². The summed E-state index contributed by atoms with van der Waals surface area (Å²) >= 11 is 1.52. The maximum absolute atomic E-state index is 12.0. The van der Waals surface area contributed by atoms with E-state index in [1.54, 1.807) is 6.08 Å². The van der Waals surface area contributed by atoms with E-state index in [-0.39, 0.29) is 5.75 Å². The fourth-order valence-corrected chi connectivity index (χ4v) is 4.24. The number of aromatic nitrogens is 1. The number of rotatable bonds is 12. The molecular formula is C19H27NO3S2. The largest absolute Gasteiger partial charge is 0.271 e. The first-order chi connectivity index (χ1) is 11.8. The Kier molecular flexibility index (Phi) is 8.48. The lowest BCUT2D eigenvalue weighted by atomic mass is 9.85. The van der Waals surface area contributed by atoms with Gasteiger partial charge in [-0.25, -0.2) is 4.98 Å². The maximum atomic E-state index is 12.0. The minimum Gasteiger partial charge on any atom is -0.265 e. The van der Waals surface area contributed by atoms with Gasteiger partial charge < -0.3 is 0 Å². The Labute approximate surface area is 155 Å². The molecule has 4 nitrogen and oxygen atoms in total. The van der Waals surface area contributed by atoms with Gasteiger partial charge in [0.25, 0.3) is 10.1 Å². The predicted octanol–water partition coefficient (Wildman–Crippen LogP) is 4.57. The molecule has 0 bridgehead atoms. The van der Waals surface area contributed by atoms with Crippen LogP contribution in [0.5, 0.6) is 0 Å². The van der Waals surface area contributed by atoms with Crippen molar-refractivity contribution < 1.29 is 12.6 Å². The van der Waals surface area contributed by atoms with E-state index in [0.717, 1.165) is 23.5 Å². The van der Waals surface area contributed by atoms with E-state index in [2.05, 4.69) is 30.8 Å². The van der Waals surface area contributed by atoms with Crippen LogP contribution >= 0.6 is 11.3 Å². The second-order valence-corrected chi connectivity index (χ2v) is 8.69. The van der Waals surface area contributed by atoms with Gasteiger partial charge in [0.2, 0.25) is 0 Å². The lowest BCUT2D eigenvalue weighted by Gasteiger charge is -2.31. The number of nitrogens with zero attached hydrogens (tertiary/aromatic N) is 1. The van der Waals surface area contributed by atoms with Crippen LogP contribution in [-0.4, -0.2) is 25.3 Å². The summed E-state index contributed by atoms with van der Waals surface area (Å²) in [5, 5.41) is 2.85. The van der Waals surface area contributed by atoms with Crippen LogP contribution in [-0.2, 0) is 26.1 Å². The Bertz CT molecular complexity index is 715. The summed E-state index contributed by atoms with van der Waals surface area (Å²) in [6.07, 6.45) is 10.4. The first-order valence-electron chi connectivity index (χ1n) is 8.10. The molecule has 1 aromatic heterocycles. The summed E-state index contributed by atoms with van der Waals surface area (Å²) < 4.78 is 29.5. The first-order valence-corrected chi connectivity index (χ1v) is 10.6. The average molecular weight is 382 g/mol. The summed E-state index contributed by atoms with van der Waals surface area (Å²) in [4.78, 5) is 4.67. The highest BCUT2D eigenvalue weighted by atomic mass is 32.2. The number of allylic oxidation sites excluding steroid dienone is 3. The second-order valence-electron chi connectivity index (χ2n) is 6.19. The molecule has 1 heterocycles. The van der Waals surface area contributed by atoms with Gasteiger partial charge in [0, 0.05) is 17.2 Å². The summed E-state index contributed by atoms with van der Waals surface area (Å²) in [6, 6.07) is 0. The van der Waals surface area contributed by atoms with Crippen LogP contribution < -0.4 is 0 Å². The highest BCUT2D eigenvalue weighted by Gasteiger charge is 2.37. The Balaban J connectivity index is 2.97. The second kappa shape index (κ2) is 9.85. The molecule has 138 valence electrons. The average Bonchev–Trinajstić information content (AvgIpc) is 3.00. The van der Waals surface area contributed by atoms with E-state index in [9.17, 15) is 8.42 Å². The van der Waals surface area contributed by atoms with Crippen LogP contribution in [0.3, 0.4) is 0 Å². The van der Waals surface area contributed by atoms with Gasteiger partial charge in [-0.05, 0) is 12.8 Å². The molecule has 0 aliphatic carbocycles. The lowest BCUT2D eigenvalue weighted by molar-refractivity contribution is 0.135. The van der Waals surface area contributed by atoms with Gasteiger partial charge in [0.05, 0.1) is 17.6 Å². The molecule has 25 heavy (non-hydrogen) atoms. The van der Waals surface area contributed by atoms with E-state index < -0.39 is 21.6 Å². The molecule has 0 saturated heterocycles. The van der Waals surface area contributed by atoms with Gasteiger partial charge in [-0.15, -0.1) is 31.1 Å². The quantitative estimate of drug-likeness (QED) is 0.393. The van der Waals surface area contributed by atoms with Gasteiger partial charge in [0.15, 0.2) is 0 Å². The third-order valence-corrected chi connectivity index (χ3v) is 6.07. The van der Waals surface area contributed by atoms with Crippen LogP contribution in [0.1, 0.15) is 37.4 Å². The van der Waals surface area contributed by atoms with Crippen molar-refractivity contribution in [2.45, 2.75) is 44.6 Å². The van der Waals surface area contributed by atoms with Crippen molar-refractivity contribution in [2.24, 2.45) is 0 Å². The zero-order valence-electron chi connectivity index (χ0n) is 15.0. The van der Waals surface area contributed by atoms with Crippen LogP contribution in [0.2, 0.25) is 0 Å². The molecule has 0 aromatic carbocycles. The van der Waals surface area contributed by atoms with E-state index in [1.807, 2.05) is 31.4 Å². The van der Waals surface area contributed by atoms with Crippen molar-refractivity contribution >= 4 is 21.5 Å². The molecule has 6 heteroatoms. The van der Waals surface area contributed by atoms with E-state index in [1.165, 1.54) is 17.4 Å². The molecule has 1 unspecified atom stereocenters. The molecule has 1 aromatic rings. The van der Waals surface area contributed by atoms with Gasteiger partial charge in [-0.1, -0.05) is 44.2 Å². The summed E-state index contributed by atoms with van der Waals surface area (Å²) in [5.74, 6) is -0.214. The van der Waals surface area contributed by atoms with Crippen LogP contribution in [0.25, 0.3) is 0 Å². The molecular weight excluding hydrogens is 354 g/mol. The normalized spacial score (nSPS) is 13.7. The minimum absolute atomic E-state index is 0.214. The lowest BCUT2D eigenvalue weighted by Crippen LogP contribution is -2.37. The molecule has 1 atom stereocenters. The van der Waals surface area contributed by atoms with Crippen molar-refractivity contribution in [3.05, 3.63) is 66.2 Å². The highest BCUT2D eigenvalue weighted by Crippen LogP contribution is 2.34. The molecule has 0 radical (unpaired) electrons. The zero-order chi connectivity index (χ0) is 18.9. The van der Waals surface area contributed by atoms with Gasteiger partial charge in [0.1, 0.15) is 5.01 Å². The Morgan fingerprint density at radius 3 is 2.56 bits per heavy atom. The predicted molar refractivity (Wildman–Crippen MR) is 106 cm³/mol. The Hall–Kier alpha value is -1.50. The van der Waals surface area contributed by atoms with Crippen LogP contribution in [0.4, 0.5) is 0 Å². The number of hydrogen-bond acceptors (Lipinski definition) is 5. The number of thiazole rings is 1. The molecule has 0 spiro atoms. The van der Waals surface area contributed by atoms with Crippen molar-refractivity contribution in [2.75, 3.05) is 5.75 Å². The zero-order valence-corrected chi connectivity index (χ0v) is 16.6. The maximum Gasteiger partial charge on any atom is 0.271 e. The van der Waals surface area contributed by atoms with Crippen molar-refractivity contribution in [3.8, 4) is 0 Å². The fraction of sp³-hybridized carbons (Fsp3) is 0.421. The van der Waals surface area contributed by atoms with Gasteiger partial charge >= 0.3 is 0 Å². The third kappa shape index (κ3) is 6.72. The van der Waals surface area contributed by atoms with Crippen molar-refractivity contribution in [3.63, 3.8) is 0 Å². The van der Waals surface area contributed by atoms with Crippen molar-refractivity contribution in [1.29, 1.82) is 0 Å². The van der Waals surface area contributed by atoms with E-state index in [4.69, 9.17) is 4.18 Å². The summed E-state index contributed by atoms with van der Waals surface area (Å²) in [5.41, 5.74) is 0.399. The third-order valence-electron chi connectivity index (χ3n) is 3.67. The van der Waals surface area contributed by atoms with Crippen molar-refractivity contribution in [1.82, 2.24) is 4.98 Å². The topological polar surface area (TPSA) is 56.3 Å². The molecule has 0 amide bonds. The first kappa shape index (κ1) is 21.5. The van der Waals surface area contributed by atoms with Crippen LogP contribution in [0.15, 0.2) is 55.5 Å². The number of hydrogen-bond donors (Lipinski definition) is 0. The molecule has 0 aliphatic rings. The van der Waals surface area contributed by atoms with Gasteiger partial charge in [-0.2, -0.15) is 8.42 Å². The smallest absolute Gasteiger partial charge is 0.265 e. The van der Waals surface area contributed by atoms with E-state index in [0.29, 0.717) is 6.42 Å². The van der Waals surface area contributed by atoms with E-state index >= 15 is 0 Å². The standard InChI is InChI=1S/C19H27NO3S2/c1-6-9-10-11-13-16-15-24-18(20-16)19(4,5)17(12-7-2)23-25(21,22)14-8-3/h6-8,10-11,15,17H,1-3,9,12-14H2,4-5H3/b11-10+. The highest BCUT2D eigenvalue weighted by molar-refractivity contribution is 7.86. The fourth-order valence-electron chi connectivity index (χ4n) is 2.20.